The van der Waals surface area contributed by atoms with Gasteiger partial charge in [0.1, 0.15) is 5.00 Å². The summed E-state index contributed by atoms with van der Waals surface area (Å²) in [5, 5.41) is 5.00. The van der Waals surface area contributed by atoms with Crippen LogP contribution in [0.5, 0.6) is 0 Å². The monoisotopic (exact) mass is 523 g/mol. The Labute approximate surface area is 215 Å². The molecule has 0 atom stereocenters. The number of halogens is 2. The third-order valence-corrected chi connectivity index (χ3v) is 8.19. The first-order valence-corrected chi connectivity index (χ1v) is 13.5. The predicted octanol–water partition coefficient (Wildman–Crippen LogP) is 5.26. The number of aryl methyl sites for hydroxylation is 1. The number of esters is 1. The summed E-state index contributed by atoms with van der Waals surface area (Å²) in [7, 11) is 0. The third kappa shape index (κ3) is 6.32. The van der Waals surface area contributed by atoms with E-state index in [9.17, 15) is 9.59 Å². The van der Waals surface area contributed by atoms with E-state index >= 15 is 0 Å². The number of rotatable bonds is 7. The van der Waals surface area contributed by atoms with Gasteiger partial charge in [0.2, 0.25) is 5.91 Å². The molecule has 2 aliphatic rings. The van der Waals surface area contributed by atoms with Crippen LogP contribution in [0.15, 0.2) is 18.2 Å². The molecular weight excluding hydrogens is 493 g/mol. The number of fused-ring (bicyclic) bond motifs is 1. The molecule has 1 aliphatic heterocycles. The summed E-state index contributed by atoms with van der Waals surface area (Å²) in [5.41, 5.74) is 2.70. The number of nitrogens with zero attached hydrogens (tertiary/aromatic N) is 2. The molecule has 4 rings (SSSR count). The number of nitrogens with one attached hydrogen (secondary N) is 1. The van der Waals surface area contributed by atoms with Crippen LogP contribution in [-0.4, -0.2) is 61.0 Å². The minimum atomic E-state index is -0.327. The summed E-state index contributed by atoms with van der Waals surface area (Å²) >= 11 is 13.9. The number of carbonyl (C=O) groups is 2. The van der Waals surface area contributed by atoms with Gasteiger partial charge in [-0.1, -0.05) is 35.7 Å². The lowest BCUT2D eigenvalue weighted by molar-refractivity contribution is -0.117. The van der Waals surface area contributed by atoms with Gasteiger partial charge in [-0.25, -0.2) is 4.79 Å². The fourth-order valence-electron chi connectivity index (χ4n) is 4.62. The second-order valence-corrected chi connectivity index (χ2v) is 10.8. The van der Waals surface area contributed by atoms with Gasteiger partial charge in [0.15, 0.2) is 0 Å². The summed E-state index contributed by atoms with van der Waals surface area (Å²) in [4.78, 5) is 31.3. The van der Waals surface area contributed by atoms with Crippen molar-refractivity contribution in [2.75, 3.05) is 44.6 Å². The SMILES string of the molecule is CCOC(=O)c1c(NC(=O)CN2CCN(Cc3ccc(Cl)cc3Cl)CC2)sc2c1CCCCC2. The van der Waals surface area contributed by atoms with Gasteiger partial charge in [0, 0.05) is 47.6 Å². The second-order valence-electron chi connectivity index (χ2n) is 8.83. The number of amides is 1. The highest BCUT2D eigenvalue weighted by atomic mass is 35.5. The molecular formula is C25H31Cl2N3O3S. The highest BCUT2D eigenvalue weighted by molar-refractivity contribution is 7.17. The van der Waals surface area contributed by atoms with Crippen LogP contribution in [0.2, 0.25) is 10.0 Å². The molecule has 0 unspecified atom stereocenters. The molecule has 1 aromatic heterocycles. The van der Waals surface area contributed by atoms with Gasteiger partial charge < -0.3 is 10.1 Å². The Morgan fingerprint density at radius 3 is 2.53 bits per heavy atom. The van der Waals surface area contributed by atoms with Crippen molar-refractivity contribution in [2.24, 2.45) is 0 Å². The fourth-order valence-corrected chi connectivity index (χ4v) is 6.38. The second kappa shape index (κ2) is 11.9. The molecule has 184 valence electrons. The predicted molar refractivity (Wildman–Crippen MR) is 138 cm³/mol. The van der Waals surface area contributed by atoms with E-state index in [4.69, 9.17) is 27.9 Å². The smallest absolute Gasteiger partial charge is 0.341 e. The number of piperazine rings is 1. The quantitative estimate of drug-likeness (QED) is 0.396. The van der Waals surface area contributed by atoms with Crippen molar-refractivity contribution < 1.29 is 14.3 Å². The minimum Gasteiger partial charge on any atom is -0.462 e. The molecule has 1 aliphatic carbocycles. The zero-order valence-electron chi connectivity index (χ0n) is 19.5. The van der Waals surface area contributed by atoms with Crippen LogP contribution < -0.4 is 5.32 Å². The highest BCUT2D eigenvalue weighted by Gasteiger charge is 2.27. The number of ether oxygens (including phenoxy) is 1. The van der Waals surface area contributed by atoms with Crippen molar-refractivity contribution in [3.05, 3.63) is 49.8 Å². The van der Waals surface area contributed by atoms with Crippen LogP contribution in [0, 0.1) is 0 Å². The van der Waals surface area contributed by atoms with E-state index in [0.29, 0.717) is 33.8 Å². The number of carbonyl (C=O) groups excluding carboxylic acids is 2. The molecule has 1 fully saturated rings. The first-order chi connectivity index (χ1) is 16.4. The van der Waals surface area contributed by atoms with Crippen LogP contribution in [0.3, 0.4) is 0 Å². The van der Waals surface area contributed by atoms with E-state index in [1.165, 1.54) is 11.3 Å². The lowest BCUT2D eigenvalue weighted by Crippen LogP contribution is -2.48. The van der Waals surface area contributed by atoms with Crippen molar-refractivity contribution in [3.63, 3.8) is 0 Å². The molecule has 6 nitrogen and oxygen atoms in total. The maximum Gasteiger partial charge on any atom is 0.341 e. The van der Waals surface area contributed by atoms with E-state index in [2.05, 4.69) is 15.1 Å². The van der Waals surface area contributed by atoms with Gasteiger partial charge >= 0.3 is 5.97 Å². The van der Waals surface area contributed by atoms with Gasteiger partial charge in [0.05, 0.1) is 18.7 Å². The normalized spacial score (nSPS) is 17.1. The molecule has 0 spiro atoms. The Morgan fingerprint density at radius 1 is 1.06 bits per heavy atom. The molecule has 1 amide bonds. The topological polar surface area (TPSA) is 61.9 Å². The van der Waals surface area contributed by atoms with Gasteiger partial charge in [0.25, 0.3) is 0 Å². The zero-order chi connectivity index (χ0) is 24.1. The minimum absolute atomic E-state index is 0.0869. The number of thiophene rings is 1. The van der Waals surface area contributed by atoms with Crippen LogP contribution in [0.4, 0.5) is 5.00 Å². The van der Waals surface area contributed by atoms with Gasteiger partial charge in [-0.15, -0.1) is 11.3 Å². The lowest BCUT2D eigenvalue weighted by Gasteiger charge is -2.34. The van der Waals surface area contributed by atoms with Crippen LogP contribution >= 0.6 is 34.5 Å². The Morgan fingerprint density at radius 2 is 1.79 bits per heavy atom. The van der Waals surface area contributed by atoms with E-state index in [1.54, 1.807) is 17.4 Å². The Hall–Kier alpha value is -1.64. The molecule has 0 saturated carbocycles. The Balaban J connectivity index is 1.34. The average Bonchev–Trinajstić information content (AvgIpc) is 2.97. The zero-order valence-corrected chi connectivity index (χ0v) is 21.8. The molecule has 2 heterocycles. The molecule has 1 aromatic carbocycles. The summed E-state index contributed by atoms with van der Waals surface area (Å²) in [6, 6.07) is 5.60. The van der Waals surface area contributed by atoms with Gasteiger partial charge in [-0.3, -0.25) is 14.6 Å². The van der Waals surface area contributed by atoms with E-state index in [-0.39, 0.29) is 11.9 Å². The standard InChI is InChI=1S/C25H31Cl2N3O3S/c1-2-33-25(32)23-19-6-4-3-5-7-21(19)34-24(23)28-22(31)16-30-12-10-29(11-13-30)15-17-8-9-18(26)14-20(17)27/h8-9,14H,2-7,10-13,15-16H2,1H3,(H,28,31). The number of hydrogen-bond donors (Lipinski definition) is 1. The molecule has 0 radical (unpaired) electrons. The van der Waals surface area contributed by atoms with Crippen LogP contribution in [-0.2, 0) is 28.9 Å². The van der Waals surface area contributed by atoms with Crippen molar-refractivity contribution in [1.82, 2.24) is 9.80 Å². The molecule has 1 saturated heterocycles. The molecule has 2 aromatic rings. The largest absolute Gasteiger partial charge is 0.462 e. The lowest BCUT2D eigenvalue weighted by atomic mass is 10.1. The summed E-state index contributed by atoms with van der Waals surface area (Å²) in [5.74, 6) is -0.414. The summed E-state index contributed by atoms with van der Waals surface area (Å²) < 4.78 is 5.32. The molecule has 0 bridgehead atoms. The molecule has 1 N–H and O–H groups in total. The maximum atomic E-state index is 12.9. The number of benzene rings is 1. The Kier molecular flexibility index (Phi) is 8.88. The van der Waals surface area contributed by atoms with Crippen molar-refractivity contribution in [1.29, 1.82) is 0 Å². The summed E-state index contributed by atoms with van der Waals surface area (Å²) in [6.45, 7) is 6.50. The first-order valence-electron chi connectivity index (χ1n) is 11.9. The van der Waals surface area contributed by atoms with E-state index < -0.39 is 0 Å². The molecule has 9 heteroatoms. The van der Waals surface area contributed by atoms with Crippen molar-refractivity contribution in [2.45, 2.75) is 45.6 Å². The molecule has 34 heavy (non-hydrogen) atoms. The first kappa shape index (κ1) is 25.5. The van der Waals surface area contributed by atoms with Gasteiger partial charge in [-0.05, 0) is 55.9 Å². The van der Waals surface area contributed by atoms with Crippen molar-refractivity contribution >= 4 is 51.4 Å². The van der Waals surface area contributed by atoms with Crippen LogP contribution in [0.1, 0.15) is 52.5 Å². The highest BCUT2D eigenvalue weighted by Crippen LogP contribution is 2.38. The average molecular weight is 525 g/mol. The fraction of sp³-hybridized carbons (Fsp3) is 0.520. The maximum absolute atomic E-state index is 12.9. The number of anilines is 1. The van der Waals surface area contributed by atoms with E-state index in [0.717, 1.165) is 69.5 Å². The third-order valence-electron chi connectivity index (χ3n) is 6.39. The number of hydrogen-bond acceptors (Lipinski definition) is 6. The van der Waals surface area contributed by atoms with Crippen molar-refractivity contribution in [3.8, 4) is 0 Å². The van der Waals surface area contributed by atoms with Crippen LogP contribution in [0.25, 0.3) is 0 Å². The van der Waals surface area contributed by atoms with E-state index in [1.807, 2.05) is 19.1 Å². The van der Waals surface area contributed by atoms with Gasteiger partial charge in [-0.2, -0.15) is 0 Å². The summed E-state index contributed by atoms with van der Waals surface area (Å²) in [6.07, 6.45) is 5.18. The Bertz CT molecular complexity index is 1030.